The Morgan fingerprint density at radius 1 is 1.35 bits per heavy atom. The van der Waals surface area contributed by atoms with Crippen molar-refractivity contribution in [2.45, 2.75) is 17.9 Å². The van der Waals surface area contributed by atoms with Crippen molar-refractivity contribution in [2.75, 3.05) is 12.8 Å². The zero-order valence-electron chi connectivity index (χ0n) is 9.64. The second-order valence-corrected chi connectivity index (χ2v) is 4.42. The first-order valence-corrected chi connectivity index (χ1v) is 6.02. The Labute approximate surface area is 103 Å². The topological polar surface area (TPSA) is 74.2 Å². The van der Waals surface area contributed by atoms with Crippen molar-refractivity contribution in [1.82, 2.24) is 10.2 Å². The molecule has 2 rings (SSSR count). The molecule has 1 heterocycles. The Morgan fingerprint density at radius 3 is 2.82 bits per heavy atom. The van der Waals surface area contributed by atoms with Gasteiger partial charge in [0.1, 0.15) is 5.75 Å². The van der Waals surface area contributed by atoms with Gasteiger partial charge in [-0.1, -0.05) is 11.8 Å². The first kappa shape index (κ1) is 11.8. The van der Waals surface area contributed by atoms with Gasteiger partial charge in [0.15, 0.2) is 0 Å². The largest absolute Gasteiger partial charge is 0.497 e. The van der Waals surface area contributed by atoms with E-state index in [0.717, 1.165) is 11.3 Å². The van der Waals surface area contributed by atoms with Crippen LogP contribution in [0.3, 0.4) is 0 Å². The van der Waals surface area contributed by atoms with Crippen molar-refractivity contribution >= 4 is 17.4 Å². The quantitative estimate of drug-likeness (QED) is 0.663. The second-order valence-electron chi connectivity index (χ2n) is 3.49. The van der Waals surface area contributed by atoms with Crippen LogP contribution in [0, 0.1) is 6.92 Å². The number of nitrogen functional groups attached to an aromatic ring is 1. The van der Waals surface area contributed by atoms with E-state index in [0.29, 0.717) is 22.6 Å². The zero-order chi connectivity index (χ0) is 12.3. The van der Waals surface area contributed by atoms with Gasteiger partial charge >= 0.3 is 0 Å². The molecule has 0 aliphatic heterocycles. The summed E-state index contributed by atoms with van der Waals surface area (Å²) >= 11 is 1.47. The molecule has 1 aromatic heterocycles. The number of ether oxygens (including phenoxy) is 1. The minimum atomic E-state index is 0.559. The molecule has 2 aromatic rings. The number of thioether (sulfide) groups is 1. The molecule has 0 radical (unpaired) electrons. The van der Waals surface area contributed by atoms with Crippen molar-refractivity contribution in [1.29, 1.82) is 0 Å². The molecule has 1 aromatic carbocycles. The molecule has 0 bridgehead atoms. The van der Waals surface area contributed by atoms with Crippen LogP contribution in [-0.4, -0.2) is 17.3 Å². The molecule has 0 aliphatic rings. The number of hydrogen-bond acceptors (Lipinski definition) is 6. The third kappa shape index (κ3) is 3.13. The highest BCUT2D eigenvalue weighted by Gasteiger charge is 2.05. The SMILES string of the molecule is COc1cc(N)cc(CSc2nnc(C)o2)c1. The molecule has 17 heavy (non-hydrogen) atoms. The number of methoxy groups -OCH3 is 1. The van der Waals surface area contributed by atoms with Crippen molar-refractivity contribution in [3.63, 3.8) is 0 Å². The van der Waals surface area contributed by atoms with Crippen molar-refractivity contribution in [2.24, 2.45) is 0 Å². The highest BCUT2D eigenvalue weighted by molar-refractivity contribution is 7.98. The molecule has 0 saturated heterocycles. The molecular weight excluding hydrogens is 238 g/mol. The van der Waals surface area contributed by atoms with Crippen LogP contribution in [0.1, 0.15) is 11.5 Å². The maximum atomic E-state index is 5.77. The molecule has 2 N–H and O–H groups in total. The lowest BCUT2D eigenvalue weighted by atomic mass is 10.2. The van der Waals surface area contributed by atoms with E-state index in [2.05, 4.69) is 10.2 Å². The molecule has 0 atom stereocenters. The predicted molar refractivity (Wildman–Crippen MR) is 66.0 cm³/mol. The van der Waals surface area contributed by atoms with Crippen molar-refractivity contribution in [3.05, 3.63) is 29.7 Å². The zero-order valence-corrected chi connectivity index (χ0v) is 10.5. The van der Waals surface area contributed by atoms with Gasteiger partial charge in [0.05, 0.1) is 7.11 Å². The average molecular weight is 251 g/mol. The minimum Gasteiger partial charge on any atom is -0.497 e. The summed E-state index contributed by atoms with van der Waals surface area (Å²) in [6.07, 6.45) is 0. The fourth-order valence-electron chi connectivity index (χ4n) is 1.37. The number of rotatable bonds is 4. The van der Waals surface area contributed by atoms with Crippen LogP contribution < -0.4 is 10.5 Å². The summed E-state index contributed by atoms with van der Waals surface area (Å²) in [4.78, 5) is 0. The van der Waals surface area contributed by atoms with Crippen LogP contribution in [0.25, 0.3) is 0 Å². The third-order valence-electron chi connectivity index (χ3n) is 2.09. The molecule has 0 spiro atoms. The summed E-state index contributed by atoms with van der Waals surface area (Å²) in [5.74, 6) is 2.03. The van der Waals surface area contributed by atoms with Gasteiger partial charge in [-0.15, -0.1) is 10.2 Å². The molecule has 0 fully saturated rings. The number of hydrogen-bond donors (Lipinski definition) is 1. The molecule has 0 saturated carbocycles. The van der Waals surface area contributed by atoms with Gasteiger partial charge in [-0.05, 0) is 17.7 Å². The van der Waals surface area contributed by atoms with Gasteiger partial charge < -0.3 is 14.9 Å². The Hall–Kier alpha value is -1.69. The molecule has 90 valence electrons. The highest BCUT2D eigenvalue weighted by Crippen LogP contribution is 2.25. The van der Waals surface area contributed by atoms with Crippen LogP contribution in [0.4, 0.5) is 5.69 Å². The number of anilines is 1. The molecule has 0 unspecified atom stereocenters. The molecule has 0 amide bonds. The van der Waals surface area contributed by atoms with Crippen LogP contribution in [-0.2, 0) is 5.75 Å². The summed E-state index contributed by atoms with van der Waals surface area (Å²) in [6, 6.07) is 5.62. The van der Waals surface area contributed by atoms with Crippen LogP contribution in [0.2, 0.25) is 0 Å². The summed E-state index contributed by atoms with van der Waals surface area (Å²) in [6.45, 7) is 1.76. The summed E-state index contributed by atoms with van der Waals surface area (Å²) < 4.78 is 10.4. The van der Waals surface area contributed by atoms with Gasteiger partial charge in [-0.25, -0.2) is 0 Å². The molecular formula is C11H13N3O2S. The number of nitrogens with zero attached hydrogens (tertiary/aromatic N) is 2. The van der Waals surface area contributed by atoms with Crippen LogP contribution in [0.15, 0.2) is 27.8 Å². The number of aromatic nitrogens is 2. The smallest absolute Gasteiger partial charge is 0.276 e. The third-order valence-corrected chi connectivity index (χ3v) is 2.98. The maximum absolute atomic E-state index is 5.77. The van der Waals surface area contributed by atoms with Crippen molar-refractivity contribution in [3.8, 4) is 5.75 Å². The normalized spacial score (nSPS) is 10.5. The fraction of sp³-hybridized carbons (Fsp3) is 0.273. The summed E-state index contributed by atoms with van der Waals surface area (Å²) in [5.41, 5.74) is 7.51. The monoisotopic (exact) mass is 251 g/mol. The van der Waals surface area contributed by atoms with Gasteiger partial charge in [0, 0.05) is 24.4 Å². The predicted octanol–water partition coefficient (Wildman–Crippen LogP) is 2.26. The Balaban J connectivity index is 2.05. The lowest BCUT2D eigenvalue weighted by Gasteiger charge is -2.05. The first-order chi connectivity index (χ1) is 8.17. The van der Waals surface area contributed by atoms with E-state index in [-0.39, 0.29) is 0 Å². The second kappa shape index (κ2) is 5.09. The van der Waals surface area contributed by atoms with E-state index in [1.807, 2.05) is 12.1 Å². The van der Waals surface area contributed by atoms with E-state index < -0.39 is 0 Å². The van der Waals surface area contributed by atoms with Gasteiger partial charge in [0.25, 0.3) is 5.22 Å². The average Bonchev–Trinajstić information content (AvgIpc) is 2.72. The molecule has 0 aliphatic carbocycles. The molecule has 5 nitrogen and oxygen atoms in total. The Bertz CT molecular complexity index is 513. The standard InChI is InChI=1S/C11H13N3O2S/c1-7-13-14-11(16-7)17-6-8-3-9(12)5-10(4-8)15-2/h3-5H,6,12H2,1-2H3. The summed E-state index contributed by atoms with van der Waals surface area (Å²) in [5, 5.41) is 8.23. The number of nitrogens with two attached hydrogens (primary N) is 1. The van der Waals surface area contributed by atoms with Crippen molar-refractivity contribution < 1.29 is 9.15 Å². The lowest BCUT2D eigenvalue weighted by Crippen LogP contribution is -1.91. The van der Waals surface area contributed by atoms with Crippen LogP contribution >= 0.6 is 11.8 Å². The van der Waals surface area contributed by atoms with Gasteiger partial charge in [-0.3, -0.25) is 0 Å². The maximum Gasteiger partial charge on any atom is 0.276 e. The minimum absolute atomic E-state index is 0.559. The van der Waals surface area contributed by atoms with Gasteiger partial charge in [0.2, 0.25) is 5.89 Å². The van der Waals surface area contributed by atoms with E-state index in [4.69, 9.17) is 14.9 Å². The number of aryl methyl sites for hydroxylation is 1. The van der Waals surface area contributed by atoms with Gasteiger partial charge in [-0.2, -0.15) is 0 Å². The van der Waals surface area contributed by atoms with E-state index in [9.17, 15) is 0 Å². The first-order valence-electron chi connectivity index (χ1n) is 5.03. The lowest BCUT2D eigenvalue weighted by molar-refractivity contribution is 0.414. The molecule has 6 heteroatoms. The van der Waals surface area contributed by atoms with E-state index in [1.165, 1.54) is 11.8 Å². The van der Waals surface area contributed by atoms with Crippen LogP contribution in [0.5, 0.6) is 5.75 Å². The summed E-state index contributed by atoms with van der Waals surface area (Å²) in [7, 11) is 1.62. The Kier molecular flexibility index (Phi) is 3.53. The fourth-order valence-corrected chi connectivity index (χ4v) is 2.10. The van der Waals surface area contributed by atoms with E-state index >= 15 is 0 Å². The highest BCUT2D eigenvalue weighted by atomic mass is 32.2. The van der Waals surface area contributed by atoms with E-state index in [1.54, 1.807) is 20.1 Å². The number of benzene rings is 1. The Morgan fingerprint density at radius 2 is 2.18 bits per heavy atom.